The first kappa shape index (κ1) is 69.3. The number of aliphatic carboxylic acids is 3. The average molecular weight is 1180 g/mol. The van der Waals surface area contributed by atoms with Crippen molar-refractivity contribution in [1.82, 2.24) is 63.0 Å². The van der Waals surface area contributed by atoms with Crippen LogP contribution in [0.5, 0.6) is 0 Å². The number of hydrogen-bond acceptors (Lipinski definition) is 16. The fourth-order valence-corrected chi connectivity index (χ4v) is 9.52. The van der Waals surface area contributed by atoms with Crippen molar-refractivity contribution in [3.63, 3.8) is 0 Å². The SMILES string of the molecule is CCCCCCCCCC(=O)N[C@@H](CC(=O)O)C(=O)N[C@H]1CNC(=O)[C@@H]2CCCN2C(=O)[C@H]([C@@H](C)CC)NC(=O)[C@H]([C@@H](C)O)NC(=O)CNC(=O)[C@H](CC(=O)O)NC(=O)CNC(=O)[C@H](CC(=O)O)NC(=O)CNC(=O)[C@@H]2CCCCN2C1=O. The molecule has 0 aromatic heterocycles. The minimum absolute atomic E-state index is 0.0105. The third-order valence-electron chi connectivity index (χ3n) is 14.2. The highest BCUT2D eigenvalue weighted by Gasteiger charge is 2.43. The molecule has 0 aliphatic carbocycles. The van der Waals surface area contributed by atoms with Crippen LogP contribution in [-0.2, 0) is 71.9 Å². The van der Waals surface area contributed by atoms with Crippen molar-refractivity contribution in [2.45, 2.75) is 191 Å². The lowest BCUT2D eigenvalue weighted by molar-refractivity contribution is -0.146. The van der Waals surface area contributed by atoms with Gasteiger partial charge in [0.2, 0.25) is 70.9 Å². The van der Waals surface area contributed by atoms with Gasteiger partial charge in [-0.2, -0.15) is 0 Å². The smallest absolute Gasteiger partial charge is 0.305 e. The van der Waals surface area contributed by atoms with Crippen molar-refractivity contribution in [2.24, 2.45) is 5.92 Å². The number of nitrogens with zero attached hydrogens (tertiary/aromatic N) is 2. The van der Waals surface area contributed by atoms with Gasteiger partial charge in [0.1, 0.15) is 48.3 Å². The number of aliphatic hydroxyl groups is 1. The van der Waals surface area contributed by atoms with E-state index in [-0.39, 0.29) is 45.2 Å². The Morgan fingerprint density at radius 1 is 0.566 bits per heavy atom. The van der Waals surface area contributed by atoms with Crippen molar-refractivity contribution < 1.29 is 92.3 Å². The molecule has 10 atom stereocenters. The van der Waals surface area contributed by atoms with Gasteiger partial charge in [0.15, 0.2) is 0 Å². The molecule has 3 fully saturated rings. The summed E-state index contributed by atoms with van der Waals surface area (Å²) in [6.45, 7) is 2.79. The van der Waals surface area contributed by atoms with Gasteiger partial charge in [0, 0.05) is 26.1 Å². The van der Waals surface area contributed by atoms with Crippen LogP contribution in [0.3, 0.4) is 0 Å². The molecular weight excluding hydrogens is 1100 g/mol. The highest BCUT2D eigenvalue weighted by atomic mass is 16.4. The molecule has 3 aliphatic rings. The van der Waals surface area contributed by atoms with Gasteiger partial charge in [0.05, 0.1) is 45.0 Å². The van der Waals surface area contributed by atoms with Crippen LogP contribution in [0.4, 0.5) is 0 Å². The quantitative estimate of drug-likeness (QED) is 0.0513. The van der Waals surface area contributed by atoms with Gasteiger partial charge in [0.25, 0.3) is 0 Å². The summed E-state index contributed by atoms with van der Waals surface area (Å²) in [5, 5.41) is 62.3. The minimum Gasteiger partial charge on any atom is -0.481 e. The molecule has 0 aromatic rings. The molecule has 31 heteroatoms. The summed E-state index contributed by atoms with van der Waals surface area (Å²) in [6, 6.07) is -13.1. The van der Waals surface area contributed by atoms with E-state index in [1.807, 2.05) is 0 Å². The molecule has 3 rings (SSSR count). The second kappa shape index (κ2) is 35.1. The van der Waals surface area contributed by atoms with E-state index in [0.717, 1.165) is 43.9 Å². The van der Waals surface area contributed by atoms with E-state index in [1.54, 1.807) is 13.8 Å². The lowest BCUT2D eigenvalue weighted by Crippen LogP contribution is -2.63. The van der Waals surface area contributed by atoms with Crippen molar-refractivity contribution in [2.75, 3.05) is 39.3 Å². The van der Waals surface area contributed by atoms with Crippen LogP contribution in [0.1, 0.15) is 137 Å². The van der Waals surface area contributed by atoms with Crippen LogP contribution in [-0.4, -0.2) is 213 Å². The number of carboxylic acids is 3. The predicted molar refractivity (Wildman–Crippen MR) is 288 cm³/mol. The van der Waals surface area contributed by atoms with Crippen LogP contribution in [0.2, 0.25) is 0 Å². The number of piperidine rings is 1. The lowest BCUT2D eigenvalue weighted by atomic mass is 9.96. The highest BCUT2D eigenvalue weighted by molar-refractivity contribution is 6.00. The van der Waals surface area contributed by atoms with Gasteiger partial charge in [-0.05, 0) is 51.4 Å². The van der Waals surface area contributed by atoms with Gasteiger partial charge in [-0.15, -0.1) is 0 Å². The zero-order valence-electron chi connectivity index (χ0n) is 47.3. The standard InChI is InChI=1S/C52H82N12O19/c1-5-7-8-9-10-11-12-18-36(66)57-32(23-42(74)75)47(78)60-33-24-53-48(79)35-17-15-20-64(35)52(83)43(28(3)6-2)62-50(81)44(29(4)65)61-39(69)27-55-46(77)31(22-41(72)73)58-37(67)25-54-45(76)30(21-40(70)71)59-38(68)26-56-49(80)34-16-13-14-19-63(34)51(33)82/h28-35,43-44,65H,5-27H2,1-4H3,(H,53,79)(H,54,76)(H,55,77)(H,56,80)(H,57,66)(H,58,67)(H,59,68)(H,60,78)(H,61,69)(H,62,81)(H,70,71)(H,72,73)(H,74,75)/t28-,29+,30-,31-,32-,33-,34-,35-,43-,44-/m0/s1. The Hall–Kier alpha value is -7.99. The number of amides is 12. The first-order valence-corrected chi connectivity index (χ1v) is 28.1. The van der Waals surface area contributed by atoms with Gasteiger partial charge in [-0.3, -0.25) is 71.9 Å². The fraction of sp³-hybridized carbons (Fsp3) is 0.712. The molecule has 12 amide bonds. The fourth-order valence-electron chi connectivity index (χ4n) is 9.52. The zero-order chi connectivity index (χ0) is 61.9. The molecule has 31 nitrogen and oxygen atoms in total. The Morgan fingerprint density at radius 3 is 1.59 bits per heavy atom. The number of aliphatic hydroxyl groups excluding tert-OH is 1. The normalized spacial score (nSPS) is 24.6. The average Bonchev–Trinajstić information content (AvgIpc) is 4.21. The first-order valence-electron chi connectivity index (χ1n) is 28.1. The molecule has 0 bridgehead atoms. The van der Waals surface area contributed by atoms with Crippen molar-refractivity contribution in [3.8, 4) is 0 Å². The van der Waals surface area contributed by atoms with Crippen molar-refractivity contribution >= 4 is 88.8 Å². The third kappa shape index (κ3) is 23.4. The monoisotopic (exact) mass is 1180 g/mol. The maximum absolute atomic E-state index is 14.7. The molecule has 0 aromatic carbocycles. The van der Waals surface area contributed by atoms with E-state index in [4.69, 9.17) is 0 Å². The molecule has 0 spiro atoms. The maximum Gasteiger partial charge on any atom is 0.305 e. The van der Waals surface area contributed by atoms with Gasteiger partial charge in [-0.1, -0.05) is 65.7 Å². The predicted octanol–water partition coefficient (Wildman–Crippen LogP) is -4.26. The maximum atomic E-state index is 14.7. The summed E-state index contributed by atoms with van der Waals surface area (Å²) in [7, 11) is 0. The van der Waals surface area contributed by atoms with Crippen LogP contribution < -0.4 is 53.2 Å². The summed E-state index contributed by atoms with van der Waals surface area (Å²) in [5.74, 6) is -17.6. The molecule has 14 N–H and O–H groups in total. The molecule has 0 radical (unpaired) electrons. The summed E-state index contributed by atoms with van der Waals surface area (Å²) in [6.07, 6.45) is 2.66. The van der Waals surface area contributed by atoms with Crippen LogP contribution in [0.15, 0.2) is 0 Å². The van der Waals surface area contributed by atoms with E-state index in [1.165, 1.54) is 4.90 Å². The Kier molecular flexibility index (Phi) is 29.3. The summed E-state index contributed by atoms with van der Waals surface area (Å²) in [4.78, 5) is 202. The number of fused-ring (bicyclic) bond motifs is 2. The molecule has 83 heavy (non-hydrogen) atoms. The Bertz CT molecular complexity index is 2370. The number of rotatable bonds is 20. The Labute approximate surface area is 479 Å². The first-order chi connectivity index (χ1) is 39.3. The summed E-state index contributed by atoms with van der Waals surface area (Å²) < 4.78 is 0. The summed E-state index contributed by atoms with van der Waals surface area (Å²) in [5.41, 5.74) is 0. The van der Waals surface area contributed by atoms with Gasteiger partial charge in [-0.25, -0.2) is 0 Å². The number of carboxylic acid groups (broad SMARTS) is 3. The van der Waals surface area contributed by atoms with Crippen molar-refractivity contribution in [3.05, 3.63) is 0 Å². The van der Waals surface area contributed by atoms with Gasteiger partial charge >= 0.3 is 17.9 Å². The lowest BCUT2D eigenvalue weighted by Gasteiger charge is -2.37. The van der Waals surface area contributed by atoms with Crippen LogP contribution >= 0.6 is 0 Å². The molecule has 464 valence electrons. The second-order valence-corrected chi connectivity index (χ2v) is 20.9. The molecule has 3 saturated heterocycles. The molecule has 0 unspecified atom stereocenters. The van der Waals surface area contributed by atoms with E-state index in [2.05, 4.69) is 60.1 Å². The second-order valence-electron chi connectivity index (χ2n) is 20.9. The number of carbonyl (C=O) groups excluding carboxylic acids is 12. The minimum atomic E-state index is -1.89. The largest absolute Gasteiger partial charge is 0.481 e. The zero-order valence-corrected chi connectivity index (χ0v) is 47.3. The molecule has 3 aliphatic heterocycles. The summed E-state index contributed by atoms with van der Waals surface area (Å²) >= 11 is 0. The van der Waals surface area contributed by atoms with Crippen molar-refractivity contribution in [1.29, 1.82) is 0 Å². The number of carbonyl (C=O) groups is 15. The third-order valence-corrected chi connectivity index (χ3v) is 14.2. The van der Waals surface area contributed by atoms with Crippen LogP contribution in [0, 0.1) is 5.92 Å². The number of hydrogen-bond donors (Lipinski definition) is 14. The molecule has 0 saturated carbocycles. The molecule has 3 heterocycles. The highest BCUT2D eigenvalue weighted by Crippen LogP contribution is 2.23. The van der Waals surface area contributed by atoms with E-state index in [0.29, 0.717) is 25.7 Å². The van der Waals surface area contributed by atoms with E-state index in [9.17, 15) is 92.3 Å². The molecular formula is C52H82N12O19. The Balaban J connectivity index is 2.06. The number of unbranched alkanes of at least 4 members (excludes halogenated alkanes) is 6. The Morgan fingerprint density at radius 2 is 1.06 bits per heavy atom. The topological polar surface area (TPSA) is 464 Å². The van der Waals surface area contributed by atoms with Crippen LogP contribution in [0.25, 0.3) is 0 Å². The van der Waals surface area contributed by atoms with Gasteiger partial charge < -0.3 is 83.4 Å². The van der Waals surface area contributed by atoms with E-state index >= 15 is 0 Å². The number of nitrogens with one attached hydrogen (secondary N) is 10. The van der Waals surface area contributed by atoms with E-state index < -0.39 is 195 Å².